The molecule has 2 aromatic rings. The largest absolute Gasteiger partial charge is 0.573 e. The minimum absolute atomic E-state index is 0.0260. The fraction of sp³-hybridized carbons (Fsp3) is 0.222. The van der Waals surface area contributed by atoms with E-state index in [9.17, 15) is 31.2 Å². The van der Waals surface area contributed by atoms with Crippen molar-refractivity contribution in [2.45, 2.75) is 23.7 Å². The maximum atomic E-state index is 12.7. The van der Waals surface area contributed by atoms with Crippen molar-refractivity contribution in [3.63, 3.8) is 0 Å². The number of hydrogen-bond donors (Lipinski definition) is 3. The van der Waals surface area contributed by atoms with Crippen LogP contribution in [0, 0.1) is 0 Å². The number of rotatable bonds is 5. The summed E-state index contributed by atoms with van der Waals surface area (Å²) in [5.41, 5.74) is 6.01. The van der Waals surface area contributed by atoms with E-state index in [0.717, 1.165) is 23.1 Å². The summed E-state index contributed by atoms with van der Waals surface area (Å²) >= 11 is 0. The third-order valence-electron chi connectivity index (χ3n) is 4.42. The number of carboxylic acid groups (broad SMARTS) is 1. The maximum absolute atomic E-state index is 12.7. The van der Waals surface area contributed by atoms with E-state index in [2.05, 4.69) is 9.46 Å². The maximum Gasteiger partial charge on any atom is 0.573 e. The molecule has 0 spiro atoms. The van der Waals surface area contributed by atoms with Gasteiger partial charge in [-0.3, -0.25) is 4.90 Å². The molecule has 4 N–H and O–H groups in total. The Labute approximate surface area is 174 Å². The summed E-state index contributed by atoms with van der Waals surface area (Å²) in [5.74, 6) is -1.92. The highest BCUT2D eigenvalue weighted by Gasteiger charge is 2.33. The molecule has 0 aliphatic carbocycles. The van der Waals surface area contributed by atoms with E-state index in [-0.39, 0.29) is 18.5 Å². The molecule has 0 saturated heterocycles. The highest BCUT2D eigenvalue weighted by Crippen LogP contribution is 2.30. The number of nitrogens with zero attached hydrogens (tertiary/aromatic N) is 1. The number of alkyl halides is 3. The summed E-state index contributed by atoms with van der Waals surface area (Å²) in [5, 5.41) is 9.16. The van der Waals surface area contributed by atoms with E-state index in [1.165, 1.54) is 18.2 Å². The Hall–Kier alpha value is -3.32. The highest BCUT2D eigenvalue weighted by atomic mass is 32.2. The normalized spacial score (nSPS) is 16.5. The van der Waals surface area contributed by atoms with Gasteiger partial charge < -0.3 is 15.6 Å². The van der Waals surface area contributed by atoms with Crippen molar-refractivity contribution in [3.8, 4) is 5.75 Å². The van der Waals surface area contributed by atoms with Crippen LogP contribution in [-0.2, 0) is 16.4 Å². The van der Waals surface area contributed by atoms with Gasteiger partial charge in [-0.05, 0) is 42.3 Å². The summed E-state index contributed by atoms with van der Waals surface area (Å²) in [6.45, 7) is -0.160. The van der Waals surface area contributed by atoms with Crippen LogP contribution < -0.4 is 20.1 Å². The Morgan fingerprint density at radius 1 is 1.19 bits per heavy atom. The number of nitrogens with one attached hydrogen (secondary N) is 1. The predicted octanol–water partition coefficient (Wildman–Crippen LogP) is 2.07. The van der Waals surface area contributed by atoms with Gasteiger partial charge in [-0.15, -0.1) is 13.2 Å². The number of carbonyl (C=O) groups excluding carboxylic acids is 1. The molecule has 166 valence electrons. The third-order valence-corrected chi connectivity index (χ3v) is 5.94. The van der Waals surface area contributed by atoms with Gasteiger partial charge in [-0.1, -0.05) is 6.07 Å². The summed E-state index contributed by atoms with van der Waals surface area (Å²) in [7, 11) is -4.31. The number of anilines is 1. The lowest BCUT2D eigenvalue weighted by atomic mass is 9.96. The number of fused-ring (bicyclic) bond motifs is 1. The molecule has 3 rings (SSSR count). The molecule has 1 aliphatic rings. The number of carbonyl (C=O) groups is 2. The standard InChI is InChI=1S/C18H16F3N3O6S/c19-18(20,21)30-13-2-1-3-14(8-13)31(28,29)23-12-7-11-6-10(16(25)26)4-5-15(11)24(9-12)17(22)27/h1-6,8,12,23H,7,9H2,(H2,22,27)(H,25,26). The first kappa shape index (κ1) is 22.4. The fourth-order valence-electron chi connectivity index (χ4n) is 3.21. The number of halogens is 3. The average molecular weight is 459 g/mol. The molecular weight excluding hydrogens is 443 g/mol. The molecule has 0 saturated carbocycles. The number of urea groups is 1. The fourth-order valence-corrected chi connectivity index (χ4v) is 4.47. The van der Waals surface area contributed by atoms with Crippen molar-refractivity contribution >= 4 is 27.7 Å². The van der Waals surface area contributed by atoms with Crippen molar-refractivity contribution in [2.24, 2.45) is 5.73 Å². The van der Waals surface area contributed by atoms with Crippen LogP contribution in [0.15, 0.2) is 47.4 Å². The van der Waals surface area contributed by atoms with Crippen LogP contribution in [0.2, 0.25) is 0 Å². The molecule has 0 bridgehead atoms. The zero-order valence-electron chi connectivity index (χ0n) is 15.6. The first-order valence-corrected chi connectivity index (χ1v) is 10.2. The van der Waals surface area contributed by atoms with Gasteiger partial charge in [-0.25, -0.2) is 22.7 Å². The molecule has 0 radical (unpaired) electrons. The van der Waals surface area contributed by atoms with E-state index < -0.39 is 45.1 Å². The Bertz CT molecular complexity index is 1140. The number of aromatic carboxylic acids is 1. The van der Waals surface area contributed by atoms with E-state index >= 15 is 0 Å². The number of hydrogen-bond acceptors (Lipinski definition) is 5. The highest BCUT2D eigenvalue weighted by molar-refractivity contribution is 7.89. The quantitative estimate of drug-likeness (QED) is 0.626. The number of amides is 2. The van der Waals surface area contributed by atoms with Crippen LogP contribution in [-0.4, -0.2) is 44.5 Å². The summed E-state index contributed by atoms with van der Waals surface area (Å²) < 4.78 is 68.7. The van der Waals surface area contributed by atoms with E-state index in [4.69, 9.17) is 10.8 Å². The monoisotopic (exact) mass is 459 g/mol. The Kier molecular flexibility index (Phi) is 5.83. The van der Waals surface area contributed by atoms with Crippen molar-refractivity contribution in [1.29, 1.82) is 0 Å². The molecule has 1 unspecified atom stereocenters. The number of benzene rings is 2. The van der Waals surface area contributed by atoms with Gasteiger partial charge in [0.2, 0.25) is 10.0 Å². The SMILES string of the molecule is NC(=O)N1CC(NS(=O)(=O)c2cccc(OC(F)(F)F)c2)Cc2cc(C(=O)O)ccc21. The molecule has 1 heterocycles. The minimum Gasteiger partial charge on any atom is -0.478 e. The lowest BCUT2D eigenvalue weighted by Gasteiger charge is -2.34. The van der Waals surface area contributed by atoms with Crippen molar-refractivity contribution in [3.05, 3.63) is 53.6 Å². The topological polar surface area (TPSA) is 139 Å². The third kappa shape index (κ3) is 5.24. The first-order chi connectivity index (χ1) is 14.4. The molecule has 2 aromatic carbocycles. The van der Waals surface area contributed by atoms with Crippen LogP contribution in [0.1, 0.15) is 15.9 Å². The summed E-state index contributed by atoms with van der Waals surface area (Å²) in [6.07, 6.45) is -4.97. The lowest BCUT2D eigenvalue weighted by molar-refractivity contribution is -0.274. The minimum atomic E-state index is -4.99. The van der Waals surface area contributed by atoms with E-state index in [1.807, 2.05) is 0 Å². The second kappa shape index (κ2) is 8.07. The van der Waals surface area contributed by atoms with Gasteiger partial charge in [0.25, 0.3) is 0 Å². The molecule has 13 heteroatoms. The van der Waals surface area contributed by atoms with Crippen LogP contribution in [0.3, 0.4) is 0 Å². The molecule has 0 aromatic heterocycles. The van der Waals surface area contributed by atoms with Gasteiger partial charge in [0.1, 0.15) is 5.75 Å². The first-order valence-electron chi connectivity index (χ1n) is 8.67. The Morgan fingerprint density at radius 3 is 2.52 bits per heavy atom. The Morgan fingerprint density at radius 2 is 1.90 bits per heavy atom. The molecule has 2 amide bonds. The van der Waals surface area contributed by atoms with Crippen molar-refractivity contribution < 1.29 is 41.0 Å². The zero-order valence-corrected chi connectivity index (χ0v) is 16.4. The summed E-state index contributed by atoms with van der Waals surface area (Å²) in [6, 6.07) is 6.01. The summed E-state index contributed by atoms with van der Waals surface area (Å²) in [4.78, 5) is 23.6. The van der Waals surface area contributed by atoms with Crippen LogP contribution in [0.5, 0.6) is 5.75 Å². The van der Waals surface area contributed by atoms with E-state index in [0.29, 0.717) is 17.3 Å². The zero-order chi connectivity index (χ0) is 23.0. The van der Waals surface area contributed by atoms with Gasteiger partial charge >= 0.3 is 18.4 Å². The molecular formula is C18H16F3N3O6S. The molecule has 0 fully saturated rings. The predicted molar refractivity (Wildman–Crippen MR) is 101 cm³/mol. The number of sulfonamides is 1. The number of carboxylic acids is 1. The molecule has 1 atom stereocenters. The van der Waals surface area contributed by atoms with Crippen molar-refractivity contribution in [1.82, 2.24) is 4.72 Å². The van der Waals surface area contributed by atoms with Gasteiger partial charge in [0.15, 0.2) is 0 Å². The molecule has 31 heavy (non-hydrogen) atoms. The lowest BCUT2D eigenvalue weighted by Crippen LogP contribution is -2.51. The molecule has 1 aliphatic heterocycles. The smallest absolute Gasteiger partial charge is 0.478 e. The number of primary amides is 1. The van der Waals surface area contributed by atoms with Crippen LogP contribution in [0.4, 0.5) is 23.7 Å². The second-order valence-corrected chi connectivity index (χ2v) is 8.36. The average Bonchev–Trinajstić information content (AvgIpc) is 2.65. The number of ether oxygens (including phenoxy) is 1. The van der Waals surface area contributed by atoms with Gasteiger partial charge in [-0.2, -0.15) is 0 Å². The van der Waals surface area contributed by atoms with Crippen LogP contribution >= 0.6 is 0 Å². The second-order valence-electron chi connectivity index (χ2n) is 6.64. The van der Waals surface area contributed by atoms with E-state index in [1.54, 1.807) is 0 Å². The number of nitrogens with two attached hydrogens (primary N) is 1. The van der Waals surface area contributed by atoms with Crippen LogP contribution in [0.25, 0.3) is 0 Å². The molecule has 9 nitrogen and oxygen atoms in total. The van der Waals surface area contributed by atoms with Gasteiger partial charge in [0, 0.05) is 24.3 Å². The van der Waals surface area contributed by atoms with Gasteiger partial charge in [0.05, 0.1) is 10.5 Å². The van der Waals surface area contributed by atoms with Crippen molar-refractivity contribution in [2.75, 3.05) is 11.4 Å². The Balaban J connectivity index is 1.88.